The number of carbonyl (C=O) groups is 1. The predicted molar refractivity (Wildman–Crippen MR) is 208 cm³/mol. The topological polar surface area (TPSA) is 52.8 Å². The number of hydrogen-bond donors (Lipinski definition) is 1. The van der Waals surface area contributed by atoms with Crippen LogP contribution in [0.1, 0.15) is 200 Å². The van der Waals surface area contributed by atoms with Crippen LogP contribution in [0.5, 0.6) is 0 Å². The van der Waals surface area contributed by atoms with Crippen molar-refractivity contribution in [2.75, 3.05) is 39.4 Å². The van der Waals surface area contributed by atoms with E-state index in [0.29, 0.717) is 19.6 Å². The second-order valence-corrected chi connectivity index (χ2v) is 14.4. The van der Waals surface area contributed by atoms with Gasteiger partial charge < -0.3 is 9.84 Å². The van der Waals surface area contributed by atoms with Crippen molar-refractivity contribution in [2.24, 2.45) is 0 Å². The van der Waals surface area contributed by atoms with E-state index in [-0.39, 0.29) is 12.6 Å². The molecule has 0 radical (unpaired) electrons. The number of nitrogens with zero attached hydrogens (tertiary/aromatic N) is 2. The van der Waals surface area contributed by atoms with Crippen LogP contribution < -0.4 is 0 Å². The minimum absolute atomic E-state index is 0.0473. The predicted octanol–water partition coefficient (Wildman–Crippen LogP) is 11.7. The molecule has 1 aliphatic rings. The van der Waals surface area contributed by atoms with Crippen molar-refractivity contribution in [2.45, 2.75) is 200 Å². The standard InChI is InChI=1S/C43H81N2O3/c1-3-5-7-9-11-13-15-17-19-21-22-24-26-28-30-32-34-42-44(38-40-46)36-37-45(42)39-41-48-43(47)35-33-31-29-27-25-23-20-18-16-14-12-10-8-6-4-2/h17-20,46H,3-16,21-41H2,1-2H3/q+1/b19-17-,20-18-. The Morgan fingerprint density at radius 2 is 1.08 bits per heavy atom. The molecule has 0 unspecified atom stereocenters. The molecular formula is C43H81N2O3+. The van der Waals surface area contributed by atoms with Gasteiger partial charge >= 0.3 is 5.97 Å². The SMILES string of the molecule is CCCCCCCC/C=C\CCCCCCCCC1=[N+](CCO)CCN1CCOC(=O)CCCCCCC/C=C\CCCCCCCC. The molecule has 5 nitrogen and oxygen atoms in total. The number of esters is 1. The molecule has 1 rings (SSSR count). The van der Waals surface area contributed by atoms with E-state index >= 15 is 0 Å². The van der Waals surface area contributed by atoms with Crippen LogP contribution in [-0.4, -0.2) is 65.8 Å². The van der Waals surface area contributed by atoms with E-state index < -0.39 is 0 Å². The number of aliphatic hydroxyl groups is 1. The number of β-amino-alcohol motifs (C(OH)–C–C–N with tert-alkyl or cyclic N) is 1. The van der Waals surface area contributed by atoms with Gasteiger partial charge in [0.1, 0.15) is 32.8 Å². The van der Waals surface area contributed by atoms with Gasteiger partial charge in [-0.1, -0.05) is 147 Å². The lowest BCUT2D eigenvalue weighted by Crippen LogP contribution is -2.33. The Morgan fingerprint density at radius 1 is 0.646 bits per heavy atom. The minimum atomic E-state index is -0.0473. The van der Waals surface area contributed by atoms with Crippen LogP contribution in [0.15, 0.2) is 24.3 Å². The number of amidine groups is 1. The summed E-state index contributed by atoms with van der Waals surface area (Å²) in [6.07, 6.45) is 46.2. The average Bonchev–Trinajstić information content (AvgIpc) is 3.47. The second-order valence-electron chi connectivity index (χ2n) is 14.4. The molecule has 280 valence electrons. The lowest BCUT2D eigenvalue weighted by molar-refractivity contribution is -0.521. The van der Waals surface area contributed by atoms with E-state index in [1.165, 1.54) is 166 Å². The molecular weight excluding hydrogens is 592 g/mol. The van der Waals surface area contributed by atoms with E-state index in [2.05, 4.69) is 47.6 Å². The summed E-state index contributed by atoms with van der Waals surface area (Å²) in [4.78, 5) is 14.7. The lowest BCUT2D eigenvalue weighted by Gasteiger charge is -2.14. The van der Waals surface area contributed by atoms with Gasteiger partial charge in [-0.2, -0.15) is 0 Å². The Balaban J connectivity index is 2.04. The molecule has 5 heteroatoms. The van der Waals surface area contributed by atoms with Crippen molar-refractivity contribution in [3.8, 4) is 0 Å². The van der Waals surface area contributed by atoms with Crippen LogP contribution in [0.25, 0.3) is 0 Å². The van der Waals surface area contributed by atoms with Crippen molar-refractivity contribution in [3.63, 3.8) is 0 Å². The quantitative estimate of drug-likeness (QED) is 0.0311. The van der Waals surface area contributed by atoms with Gasteiger partial charge in [-0.05, 0) is 64.2 Å². The van der Waals surface area contributed by atoms with Crippen LogP contribution in [-0.2, 0) is 9.53 Å². The summed E-state index contributed by atoms with van der Waals surface area (Å²) in [5.74, 6) is 1.29. The maximum Gasteiger partial charge on any atom is 0.305 e. The van der Waals surface area contributed by atoms with Crippen molar-refractivity contribution in [3.05, 3.63) is 24.3 Å². The molecule has 0 atom stereocenters. The average molecular weight is 674 g/mol. The highest BCUT2D eigenvalue weighted by molar-refractivity contribution is 5.78. The fourth-order valence-corrected chi connectivity index (χ4v) is 6.83. The van der Waals surface area contributed by atoms with Gasteiger partial charge in [-0.25, -0.2) is 0 Å². The zero-order valence-electron chi connectivity index (χ0n) is 32.2. The first-order valence-corrected chi connectivity index (χ1v) is 21.1. The maximum absolute atomic E-state index is 12.3. The van der Waals surface area contributed by atoms with Gasteiger partial charge in [-0.3, -0.25) is 14.3 Å². The van der Waals surface area contributed by atoms with E-state index in [1.54, 1.807) is 0 Å². The van der Waals surface area contributed by atoms with Crippen LogP contribution in [0.2, 0.25) is 0 Å². The fourth-order valence-electron chi connectivity index (χ4n) is 6.83. The highest BCUT2D eigenvalue weighted by atomic mass is 16.5. The summed E-state index contributed by atoms with van der Waals surface area (Å²) >= 11 is 0. The molecule has 0 saturated carbocycles. The van der Waals surface area contributed by atoms with E-state index in [0.717, 1.165) is 38.9 Å². The Hall–Kier alpha value is -1.62. The first-order valence-electron chi connectivity index (χ1n) is 21.1. The number of hydrogen-bond acceptors (Lipinski definition) is 4. The molecule has 0 aliphatic carbocycles. The monoisotopic (exact) mass is 674 g/mol. The molecule has 1 heterocycles. The lowest BCUT2D eigenvalue weighted by atomic mass is 10.1. The van der Waals surface area contributed by atoms with Crippen LogP contribution in [0.3, 0.4) is 0 Å². The van der Waals surface area contributed by atoms with Crippen molar-refractivity contribution < 1.29 is 19.2 Å². The first-order chi connectivity index (χ1) is 23.7. The van der Waals surface area contributed by atoms with Gasteiger partial charge in [0.05, 0.1) is 6.61 Å². The fraction of sp³-hybridized carbons (Fsp3) is 0.860. The van der Waals surface area contributed by atoms with Crippen molar-refractivity contribution in [1.29, 1.82) is 0 Å². The normalized spacial score (nSPS) is 13.6. The molecule has 0 aromatic rings. The summed E-state index contributed by atoms with van der Waals surface area (Å²) in [6, 6.07) is 0. The molecule has 0 saturated heterocycles. The van der Waals surface area contributed by atoms with Crippen molar-refractivity contribution >= 4 is 11.8 Å². The smallest absolute Gasteiger partial charge is 0.305 e. The number of unbranched alkanes of at least 4 members (excludes halogenated alkanes) is 23. The van der Waals surface area contributed by atoms with Gasteiger partial charge in [0.2, 0.25) is 5.84 Å². The highest BCUT2D eigenvalue weighted by Gasteiger charge is 2.29. The number of allylic oxidation sites excluding steroid dienone is 4. The summed E-state index contributed by atoms with van der Waals surface area (Å²) in [6.45, 7) is 8.61. The third-order valence-electron chi connectivity index (χ3n) is 9.92. The molecule has 0 aromatic heterocycles. The van der Waals surface area contributed by atoms with Gasteiger partial charge in [0.25, 0.3) is 0 Å². The van der Waals surface area contributed by atoms with Gasteiger partial charge in [0, 0.05) is 12.8 Å². The number of aliphatic hydroxyl groups excluding tert-OH is 1. The molecule has 1 N–H and O–H groups in total. The molecule has 0 amide bonds. The first kappa shape index (κ1) is 44.4. The molecule has 48 heavy (non-hydrogen) atoms. The van der Waals surface area contributed by atoms with E-state index in [1.807, 2.05) is 0 Å². The summed E-state index contributed by atoms with van der Waals surface area (Å²) in [7, 11) is 0. The van der Waals surface area contributed by atoms with E-state index in [9.17, 15) is 9.90 Å². The highest BCUT2D eigenvalue weighted by Crippen LogP contribution is 2.15. The number of carbonyl (C=O) groups excluding carboxylic acids is 1. The number of rotatable bonds is 36. The van der Waals surface area contributed by atoms with Crippen LogP contribution >= 0.6 is 0 Å². The maximum atomic E-state index is 12.3. The molecule has 0 spiro atoms. The van der Waals surface area contributed by atoms with E-state index in [4.69, 9.17) is 4.74 Å². The van der Waals surface area contributed by atoms with Crippen molar-refractivity contribution in [1.82, 2.24) is 4.90 Å². The Labute approximate surface area is 299 Å². The second kappa shape index (κ2) is 35.2. The molecule has 0 aromatic carbocycles. The zero-order valence-corrected chi connectivity index (χ0v) is 32.2. The zero-order chi connectivity index (χ0) is 34.6. The molecule has 1 aliphatic heterocycles. The Kier molecular flexibility index (Phi) is 32.6. The van der Waals surface area contributed by atoms with Crippen LogP contribution in [0.4, 0.5) is 0 Å². The Bertz CT molecular complexity index is 806. The minimum Gasteiger partial charge on any atom is -0.462 e. The molecule has 0 bridgehead atoms. The summed E-state index contributed by atoms with van der Waals surface area (Å²) in [5.41, 5.74) is 0. The third kappa shape index (κ3) is 27.2. The largest absolute Gasteiger partial charge is 0.462 e. The molecule has 0 fully saturated rings. The van der Waals surface area contributed by atoms with Gasteiger partial charge in [0.15, 0.2) is 0 Å². The Morgan fingerprint density at radius 3 is 1.56 bits per heavy atom. The van der Waals surface area contributed by atoms with Crippen LogP contribution in [0, 0.1) is 0 Å². The summed E-state index contributed by atoms with van der Waals surface area (Å²) < 4.78 is 7.96. The summed E-state index contributed by atoms with van der Waals surface area (Å²) in [5, 5.41) is 9.57. The number of ether oxygens (including phenoxy) is 1. The third-order valence-corrected chi connectivity index (χ3v) is 9.92. The van der Waals surface area contributed by atoms with Gasteiger partial charge in [-0.15, -0.1) is 0 Å².